The molecule has 1 unspecified atom stereocenters. The molecule has 15 heavy (non-hydrogen) atoms. The molecular formula is C13H28N2. The molecule has 0 bridgehead atoms. The van der Waals surface area contributed by atoms with E-state index in [0.717, 1.165) is 17.9 Å². The molecule has 0 heterocycles. The van der Waals surface area contributed by atoms with Crippen molar-refractivity contribution in [1.82, 2.24) is 10.2 Å². The summed E-state index contributed by atoms with van der Waals surface area (Å²) in [5.74, 6) is 1.61. The Morgan fingerprint density at radius 2 is 1.93 bits per heavy atom. The lowest BCUT2D eigenvalue weighted by Crippen LogP contribution is -2.32. The van der Waals surface area contributed by atoms with E-state index >= 15 is 0 Å². The number of nitrogens with zero attached hydrogens (tertiary/aromatic N) is 1. The molecule has 2 nitrogen and oxygen atoms in total. The topological polar surface area (TPSA) is 15.3 Å². The van der Waals surface area contributed by atoms with Gasteiger partial charge in [-0.15, -0.1) is 0 Å². The molecule has 1 atom stereocenters. The number of hydrogen-bond acceptors (Lipinski definition) is 2. The van der Waals surface area contributed by atoms with Gasteiger partial charge in [0.05, 0.1) is 0 Å². The van der Waals surface area contributed by atoms with Crippen LogP contribution in [0.3, 0.4) is 0 Å². The number of nitrogens with one attached hydrogen (secondary N) is 1. The largest absolute Gasteiger partial charge is 0.314 e. The Balaban J connectivity index is 1.99. The molecule has 2 heteroatoms. The second kappa shape index (κ2) is 6.49. The highest BCUT2D eigenvalue weighted by Gasteiger charge is 2.20. The van der Waals surface area contributed by atoms with E-state index in [9.17, 15) is 0 Å². The van der Waals surface area contributed by atoms with Crippen LogP contribution in [0.15, 0.2) is 0 Å². The monoisotopic (exact) mass is 212 g/mol. The molecule has 90 valence electrons. The molecule has 0 amide bonds. The highest BCUT2D eigenvalue weighted by atomic mass is 15.1. The van der Waals surface area contributed by atoms with Gasteiger partial charge in [0.25, 0.3) is 0 Å². The van der Waals surface area contributed by atoms with Crippen LogP contribution in [0.5, 0.6) is 0 Å². The quantitative estimate of drug-likeness (QED) is 0.664. The van der Waals surface area contributed by atoms with E-state index in [4.69, 9.17) is 0 Å². The smallest absolute Gasteiger partial charge is 0.00683 e. The lowest BCUT2D eigenvalue weighted by Gasteiger charge is -2.22. The first-order valence-corrected chi connectivity index (χ1v) is 6.50. The van der Waals surface area contributed by atoms with Crippen LogP contribution in [0.2, 0.25) is 0 Å². The van der Waals surface area contributed by atoms with Crippen LogP contribution >= 0.6 is 0 Å². The third-order valence-electron chi connectivity index (χ3n) is 3.04. The van der Waals surface area contributed by atoms with E-state index in [0.29, 0.717) is 0 Å². The van der Waals surface area contributed by atoms with Crippen molar-refractivity contribution >= 4 is 0 Å². The van der Waals surface area contributed by atoms with Crippen LogP contribution < -0.4 is 5.32 Å². The van der Waals surface area contributed by atoms with E-state index in [-0.39, 0.29) is 0 Å². The molecule has 0 saturated heterocycles. The van der Waals surface area contributed by atoms with Gasteiger partial charge in [0.15, 0.2) is 0 Å². The summed E-state index contributed by atoms with van der Waals surface area (Å²) in [5.41, 5.74) is 0. The van der Waals surface area contributed by atoms with Crippen LogP contribution in [0.25, 0.3) is 0 Å². The minimum Gasteiger partial charge on any atom is -0.314 e. The van der Waals surface area contributed by atoms with E-state index in [1.807, 2.05) is 0 Å². The predicted molar refractivity (Wildman–Crippen MR) is 67.1 cm³/mol. The van der Waals surface area contributed by atoms with Gasteiger partial charge < -0.3 is 10.2 Å². The third-order valence-corrected chi connectivity index (χ3v) is 3.04. The molecule has 0 aromatic heterocycles. The summed E-state index contributed by atoms with van der Waals surface area (Å²) in [6.45, 7) is 10.6. The van der Waals surface area contributed by atoms with Gasteiger partial charge in [0.2, 0.25) is 0 Å². The Kier molecular flexibility index (Phi) is 5.62. The molecule has 1 aliphatic rings. The van der Waals surface area contributed by atoms with E-state index in [2.05, 4.69) is 38.0 Å². The van der Waals surface area contributed by atoms with E-state index in [1.54, 1.807) is 0 Å². The Hall–Kier alpha value is -0.0800. The molecule has 0 spiro atoms. The maximum atomic E-state index is 3.60. The van der Waals surface area contributed by atoms with Crippen molar-refractivity contribution < 1.29 is 0 Å². The van der Waals surface area contributed by atoms with Crippen LogP contribution in [-0.4, -0.2) is 37.6 Å². The molecule has 0 aliphatic heterocycles. The van der Waals surface area contributed by atoms with Crippen molar-refractivity contribution in [2.45, 2.75) is 46.1 Å². The second-order valence-corrected chi connectivity index (χ2v) is 5.73. The molecule has 0 aromatic rings. The van der Waals surface area contributed by atoms with Crippen molar-refractivity contribution in [2.24, 2.45) is 11.8 Å². The maximum absolute atomic E-state index is 3.60. The van der Waals surface area contributed by atoms with Gasteiger partial charge in [0.1, 0.15) is 0 Å². The molecule has 0 aromatic carbocycles. The van der Waals surface area contributed by atoms with Gasteiger partial charge in [-0.05, 0) is 51.2 Å². The summed E-state index contributed by atoms with van der Waals surface area (Å²) in [4.78, 5) is 2.47. The molecule has 1 rings (SSSR count). The Bertz CT molecular complexity index is 154. The zero-order chi connectivity index (χ0) is 11.3. The SMILES string of the molecule is CC(C)CCN(C)CC(C)CNC1CC1. The molecule has 1 aliphatic carbocycles. The summed E-state index contributed by atoms with van der Waals surface area (Å²) in [7, 11) is 2.25. The maximum Gasteiger partial charge on any atom is 0.00683 e. The highest BCUT2D eigenvalue weighted by Crippen LogP contribution is 2.18. The molecular weight excluding hydrogens is 184 g/mol. The van der Waals surface area contributed by atoms with Gasteiger partial charge in [-0.25, -0.2) is 0 Å². The fourth-order valence-electron chi connectivity index (χ4n) is 1.82. The van der Waals surface area contributed by atoms with Gasteiger partial charge in [-0.1, -0.05) is 20.8 Å². The first-order chi connectivity index (χ1) is 7.08. The fraction of sp³-hybridized carbons (Fsp3) is 1.00. The fourth-order valence-corrected chi connectivity index (χ4v) is 1.82. The van der Waals surface area contributed by atoms with Crippen molar-refractivity contribution in [2.75, 3.05) is 26.7 Å². The number of hydrogen-bond donors (Lipinski definition) is 1. The average molecular weight is 212 g/mol. The highest BCUT2D eigenvalue weighted by molar-refractivity contribution is 4.81. The van der Waals surface area contributed by atoms with Crippen LogP contribution in [0.1, 0.15) is 40.0 Å². The lowest BCUT2D eigenvalue weighted by molar-refractivity contribution is 0.266. The average Bonchev–Trinajstić information content (AvgIpc) is 2.95. The predicted octanol–water partition coefficient (Wildman–Crippen LogP) is 2.35. The van der Waals surface area contributed by atoms with Crippen LogP contribution in [0, 0.1) is 11.8 Å². The van der Waals surface area contributed by atoms with Crippen molar-refractivity contribution in [1.29, 1.82) is 0 Å². The van der Waals surface area contributed by atoms with E-state index < -0.39 is 0 Å². The Morgan fingerprint density at radius 1 is 1.27 bits per heavy atom. The third kappa shape index (κ3) is 6.91. The molecule has 1 fully saturated rings. The molecule has 1 saturated carbocycles. The Morgan fingerprint density at radius 3 is 2.47 bits per heavy atom. The van der Waals surface area contributed by atoms with Gasteiger partial charge in [-0.3, -0.25) is 0 Å². The van der Waals surface area contributed by atoms with Gasteiger partial charge in [0, 0.05) is 12.6 Å². The summed E-state index contributed by atoms with van der Waals surface area (Å²) >= 11 is 0. The van der Waals surface area contributed by atoms with Gasteiger partial charge >= 0.3 is 0 Å². The molecule has 0 radical (unpaired) electrons. The molecule has 1 N–H and O–H groups in total. The van der Waals surface area contributed by atoms with Crippen molar-refractivity contribution in [3.63, 3.8) is 0 Å². The minimum atomic E-state index is 0.780. The van der Waals surface area contributed by atoms with Crippen LogP contribution in [0.4, 0.5) is 0 Å². The lowest BCUT2D eigenvalue weighted by atomic mass is 10.1. The normalized spacial score (nSPS) is 18.8. The summed E-state index contributed by atoms with van der Waals surface area (Å²) in [5, 5.41) is 3.60. The summed E-state index contributed by atoms with van der Waals surface area (Å²) in [6, 6.07) is 0.855. The second-order valence-electron chi connectivity index (χ2n) is 5.73. The van der Waals surface area contributed by atoms with Gasteiger partial charge in [-0.2, -0.15) is 0 Å². The zero-order valence-electron chi connectivity index (χ0n) is 10.9. The first-order valence-electron chi connectivity index (χ1n) is 6.50. The summed E-state index contributed by atoms with van der Waals surface area (Å²) in [6.07, 6.45) is 4.12. The van der Waals surface area contributed by atoms with Crippen LogP contribution in [-0.2, 0) is 0 Å². The standard InChI is InChI=1S/C13H28N2/c1-11(2)7-8-15(4)10-12(3)9-14-13-5-6-13/h11-14H,5-10H2,1-4H3. The van der Waals surface area contributed by atoms with Crippen molar-refractivity contribution in [3.05, 3.63) is 0 Å². The Labute approximate surface area is 95.4 Å². The minimum absolute atomic E-state index is 0.780. The zero-order valence-corrected chi connectivity index (χ0v) is 10.9. The van der Waals surface area contributed by atoms with E-state index in [1.165, 1.54) is 38.9 Å². The first kappa shape index (κ1) is 13.0. The summed E-state index contributed by atoms with van der Waals surface area (Å²) < 4.78 is 0. The number of rotatable bonds is 8. The van der Waals surface area contributed by atoms with Crippen molar-refractivity contribution in [3.8, 4) is 0 Å².